The number of pyridine rings is 1. The van der Waals surface area contributed by atoms with E-state index in [9.17, 15) is 22.8 Å². The fourth-order valence-electron chi connectivity index (χ4n) is 2.09. The van der Waals surface area contributed by atoms with E-state index in [1.807, 2.05) is 0 Å². The van der Waals surface area contributed by atoms with Crippen LogP contribution in [-0.4, -0.2) is 29.1 Å². The Morgan fingerprint density at radius 1 is 1.04 bits per heavy atom. The molecule has 0 unspecified atom stereocenters. The number of ether oxygens (including phenoxy) is 2. The third-order valence-corrected chi connectivity index (χ3v) is 3.18. The van der Waals surface area contributed by atoms with Gasteiger partial charge in [0.25, 0.3) is 5.91 Å². The fourth-order valence-corrected chi connectivity index (χ4v) is 2.09. The number of aromatic nitrogens is 1. The standard InChI is InChI=1S/C19H19F3N2O4/c1-18(2,3)28-15(25)11-27-17-13(9-10-14(24-17)19(20,21)22)23-16(26)12-7-5-4-6-8-12/h4-10H,11H2,1-3H3,(H,23,26). The summed E-state index contributed by atoms with van der Waals surface area (Å²) in [5.41, 5.74) is -1.82. The molecule has 6 nitrogen and oxygen atoms in total. The normalized spacial score (nSPS) is 11.6. The van der Waals surface area contributed by atoms with Crippen molar-refractivity contribution in [2.45, 2.75) is 32.5 Å². The van der Waals surface area contributed by atoms with Crippen LogP contribution in [0.25, 0.3) is 0 Å². The molecule has 2 rings (SSSR count). The molecule has 1 amide bonds. The molecule has 1 aromatic carbocycles. The van der Waals surface area contributed by atoms with E-state index in [1.165, 1.54) is 12.1 Å². The summed E-state index contributed by atoms with van der Waals surface area (Å²) in [7, 11) is 0. The lowest BCUT2D eigenvalue weighted by molar-refractivity contribution is -0.157. The molecule has 2 aromatic rings. The molecule has 1 N–H and O–H groups in total. The topological polar surface area (TPSA) is 77.5 Å². The molecule has 0 aliphatic heterocycles. The predicted octanol–water partition coefficient (Wildman–Crippen LogP) is 4.07. The van der Waals surface area contributed by atoms with E-state index in [1.54, 1.807) is 39.0 Å². The third kappa shape index (κ3) is 6.26. The Labute approximate surface area is 159 Å². The summed E-state index contributed by atoms with van der Waals surface area (Å²) in [6.45, 7) is 4.25. The SMILES string of the molecule is CC(C)(C)OC(=O)COc1nc(C(F)(F)F)ccc1NC(=O)c1ccccc1. The van der Waals surface area contributed by atoms with Crippen molar-refractivity contribution in [3.05, 3.63) is 53.7 Å². The monoisotopic (exact) mass is 396 g/mol. The van der Waals surface area contributed by atoms with Gasteiger partial charge in [-0.2, -0.15) is 13.2 Å². The van der Waals surface area contributed by atoms with E-state index < -0.39 is 41.8 Å². The highest BCUT2D eigenvalue weighted by Gasteiger charge is 2.33. The van der Waals surface area contributed by atoms with Crippen LogP contribution in [0.3, 0.4) is 0 Å². The molecule has 0 spiro atoms. The Kier molecular flexibility index (Phi) is 6.27. The number of nitrogens with zero attached hydrogens (tertiary/aromatic N) is 1. The molecule has 0 fully saturated rings. The second-order valence-electron chi connectivity index (χ2n) is 6.74. The first-order chi connectivity index (χ1) is 13.0. The molecule has 0 aliphatic rings. The van der Waals surface area contributed by atoms with Crippen molar-refractivity contribution in [1.82, 2.24) is 4.98 Å². The van der Waals surface area contributed by atoms with Gasteiger partial charge in [-0.25, -0.2) is 9.78 Å². The van der Waals surface area contributed by atoms with Crippen LogP contribution in [0, 0.1) is 0 Å². The molecule has 28 heavy (non-hydrogen) atoms. The Hall–Kier alpha value is -3.10. The number of halogens is 3. The number of carbonyl (C=O) groups excluding carboxylic acids is 2. The first kappa shape index (κ1) is 21.2. The summed E-state index contributed by atoms with van der Waals surface area (Å²) in [6.07, 6.45) is -4.72. The van der Waals surface area contributed by atoms with Gasteiger partial charge < -0.3 is 14.8 Å². The zero-order valence-electron chi connectivity index (χ0n) is 15.5. The third-order valence-electron chi connectivity index (χ3n) is 3.18. The van der Waals surface area contributed by atoms with Gasteiger partial charge in [-0.1, -0.05) is 18.2 Å². The van der Waals surface area contributed by atoms with Crippen molar-refractivity contribution < 1.29 is 32.2 Å². The molecule has 0 atom stereocenters. The lowest BCUT2D eigenvalue weighted by atomic mass is 10.2. The molecular weight excluding hydrogens is 377 g/mol. The molecule has 0 saturated heterocycles. The average molecular weight is 396 g/mol. The highest BCUT2D eigenvalue weighted by molar-refractivity contribution is 6.04. The van der Waals surface area contributed by atoms with Crippen LogP contribution in [0.15, 0.2) is 42.5 Å². The van der Waals surface area contributed by atoms with Crippen LogP contribution in [0.2, 0.25) is 0 Å². The number of nitrogens with one attached hydrogen (secondary N) is 1. The molecule has 0 bridgehead atoms. The lowest BCUT2D eigenvalue weighted by Gasteiger charge is -2.20. The van der Waals surface area contributed by atoms with Gasteiger partial charge in [0, 0.05) is 5.56 Å². The smallest absolute Gasteiger partial charge is 0.433 e. The van der Waals surface area contributed by atoms with E-state index in [-0.39, 0.29) is 5.69 Å². The van der Waals surface area contributed by atoms with Crippen LogP contribution in [0.1, 0.15) is 36.8 Å². The second-order valence-corrected chi connectivity index (χ2v) is 6.74. The van der Waals surface area contributed by atoms with Crippen molar-refractivity contribution in [1.29, 1.82) is 0 Å². The zero-order chi connectivity index (χ0) is 20.9. The molecule has 0 radical (unpaired) electrons. The molecule has 0 saturated carbocycles. The van der Waals surface area contributed by atoms with Crippen LogP contribution >= 0.6 is 0 Å². The number of hydrogen-bond donors (Lipinski definition) is 1. The number of carbonyl (C=O) groups is 2. The molecule has 150 valence electrons. The number of anilines is 1. The van der Waals surface area contributed by atoms with E-state index in [0.717, 1.165) is 6.07 Å². The highest BCUT2D eigenvalue weighted by atomic mass is 19.4. The Morgan fingerprint density at radius 2 is 1.68 bits per heavy atom. The highest BCUT2D eigenvalue weighted by Crippen LogP contribution is 2.32. The van der Waals surface area contributed by atoms with Crippen LogP contribution in [-0.2, 0) is 15.7 Å². The lowest BCUT2D eigenvalue weighted by Crippen LogP contribution is -2.27. The first-order valence-corrected chi connectivity index (χ1v) is 8.25. The Bertz CT molecular complexity index is 846. The van der Waals surface area contributed by atoms with Crippen LogP contribution < -0.4 is 10.1 Å². The van der Waals surface area contributed by atoms with Gasteiger partial charge in [-0.3, -0.25) is 4.79 Å². The van der Waals surface area contributed by atoms with Gasteiger partial charge in [0.05, 0.1) is 0 Å². The number of esters is 1. The van der Waals surface area contributed by atoms with Crippen molar-refractivity contribution in [3.8, 4) is 5.88 Å². The molecular formula is C19H19F3N2O4. The summed E-state index contributed by atoms with van der Waals surface area (Å²) < 4.78 is 49.0. The summed E-state index contributed by atoms with van der Waals surface area (Å²) in [6, 6.07) is 9.79. The number of hydrogen-bond acceptors (Lipinski definition) is 5. The summed E-state index contributed by atoms with van der Waals surface area (Å²) >= 11 is 0. The maximum absolute atomic E-state index is 13.0. The maximum Gasteiger partial charge on any atom is 0.433 e. The summed E-state index contributed by atoms with van der Waals surface area (Å²) in [5.74, 6) is -1.89. The van der Waals surface area contributed by atoms with E-state index in [2.05, 4.69) is 10.3 Å². The minimum absolute atomic E-state index is 0.106. The molecule has 0 aliphatic carbocycles. The van der Waals surface area contributed by atoms with Gasteiger partial charge in [-0.15, -0.1) is 0 Å². The zero-order valence-corrected chi connectivity index (χ0v) is 15.5. The first-order valence-electron chi connectivity index (χ1n) is 8.25. The van der Waals surface area contributed by atoms with Gasteiger partial charge in [0.15, 0.2) is 6.61 Å². The number of alkyl halides is 3. The van der Waals surface area contributed by atoms with Crippen molar-refractivity contribution in [2.24, 2.45) is 0 Å². The maximum atomic E-state index is 13.0. The number of amides is 1. The van der Waals surface area contributed by atoms with Crippen LogP contribution in [0.5, 0.6) is 5.88 Å². The molecule has 1 heterocycles. The fraction of sp³-hybridized carbons (Fsp3) is 0.316. The van der Waals surface area contributed by atoms with Crippen LogP contribution in [0.4, 0.5) is 18.9 Å². The molecule has 1 aromatic heterocycles. The average Bonchev–Trinajstić information content (AvgIpc) is 2.59. The number of rotatable bonds is 5. The van der Waals surface area contributed by atoms with Crippen molar-refractivity contribution >= 4 is 17.6 Å². The van der Waals surface area contributed by atoms with Crippen molar-refractivity contribution in [3.63, 3.8) is 0 Å². The van der Waals surface area contributed by atoms with E-state index >= 15 is 0 Å². The van der Waals surface area contributed by atoms with Gasteiger partial charge >= 0.3 is 12.1 Å². The summed E-state index contributed by atoms with van der Waals surface area (Å²) in [5, 5.41) is 2.43. The van der Waals surface area contributed by atoms with Gasteiger partial charge in [0.2, 0.25) is 5.88 Å². The summed E-state index contributed by atoms with van der Waals surface area (Å²) in [4.78, 5) is 27.4. The largest absolute Gasteiger partial charge is 0.464 e. The minimum Gasteiger partial charge on any atom is -0.464 e. The molecule has 9 heteroatoms. The van der Waals surface area contributed by atoms with Crippen molar-refractivity contribution in [2.75, 3.05) is 11.9 Å². The Balaban J connectivity index is 2.24. The van der Waals surface area contributed by atoms with Gasteiger partial charge in [-0.05, 0) is 45.0 Å². The minimum atomic E-state index is -4.72. The van der Waals surface area contributed by atoms with E-state index in [4.69, 9.17) is 9.47 Å². The predicted molar refractivity (Wildman–Crippen MR) is 95.0 cm³/mol. The Morgan fingerprint density at radius 3 is 2.25 bits per heavy atom. The quantitative estimate of drug-likeness (QED) is 0.771. The number of benzene rings is 1. The second kappa shape index (κ2) is 8.28. The van der Waals surface area contributed by atoms with Gasteiger partial charge in [0.1, 0.15) is 17.0 Å². The van der Waals surface area contributed by atoms with E-state index in [0.29, 0.717) is 11.6 Å².